The average Bonchev–Trinajstić information content (AvgIpc) is 3.14. The van der Waals surface area contributed by atoms with Crippen LogP contribution in [0.2, 0.25) is 0 Å². The number of alkyl halides is 3. The van der Waals surface area contributed by atoms with Gasteiger partial charge in [0.05, 0.1) is 5.56 Å². The fraction of sp³-hybridized carbons (Fsp3) is 0.0833. The molecular weight excluding hydrogens is 407 g/mol. The van der Waals surface area contributed by atoms with E-state index >= 15 is 0 Å². The maximum atomic E-state index is 12.7. The van der Waals surface area contributed by atoms with Crippen LogP contribution in [-0.2, 0) is 22.3 Å². The van der Waals surface area contributed by atoms with Crippen molar-refractivity contribution in [2.45, 2.75) is 12.8 Å². The predicted octanol–water partition coefficient (Wildman–Crippen LogP) is 5.63. The van der Waals surface area contributed by atoms with Gasteiger partial charge in [-0.3, -0.25) is 0 Å². The van der Waals surface area contributed by atoms with Gasteiger partial charge in [-0.25, -0.2) is 9.79 Å². The first-order chi connectivity index (χ1) is 14.9. The van der Waals surface area contributed by atoms with E-state index in [0.717, 1.165) is 17.7 Å². The van der Waals surface area contributed by atoms with E-state index < -0.39 is 17.7 Å². The molecule has 1 aliphatic heterocycles. The van der Waals surface area contributed by atoms with Crippen LogP contribution in [0.4, 0.5) is 13.2 Å². The summed E-state index contributed by atoms with van der Waals surface area (Å²) in [6.45, 7) is 0.439. The number of ether oxygens (including phenoxy) is 2. The molecule has 0 amide bonds. The molecule has 0 saturated carbocycles. The molecule has 3 aromatic carbocycles. The van der Waals surface area contributed by atoms with Gasteiger partial charge in [-0.05, 0) is 53.6 Å². The fourth-order valence-corrected chi connectivity index (χ4v) is 2.89. The van der Waals surface area contributed by atoms with E-state index in [9.17, 15) is 18.0 Å². The third-order valence-corrected chi connectivity index (χ3v) is 4.51. The minimum Gasteiger partial charge on any atom is -0.489 e. The molecule has 0 aromatic heterocycles. The first-order valence-electron chi connectivity index (χ1n) is 9.35. The van der Waals surface area contributed by atoms with Crippen LogP contribution in [0.1, 0.15) is 22.3 Å². The quantitative estimate of drug-likeness (QED) is 0.395. The molecule has 0 atom stereocenters. The molecule has 0 radical (unpaired) electrons. The number of aliphatic imine (C=N–C) groups is 1. The summed E-state index contributed by atoms with van der Waals surface area (Å²) in [6, 6.07) is 21.1. The van der Waals surface area contributed by atoms with Gasteiger partial charge in [-0.1, -0.05) is 42.5 Å². The van der Waals surface area contributed by atoms with Crippen molar-refractivity contribution in [2.75, 3.05) is 0 Å². The molecule has 0 N–H and O–H groups in total. The van der Waals surface area contributed by atoms with Crippen molar-refractivity contribution in [3.8, 4) is 5.75 Å². The van der Waals surface area contributed by atoms with E-state index in [1.165, 1.54) is 12.1 Å². The molecule has 3 aromatic rings. The molecule has 4 rings (SSSR count). The topological polar surface area (TPSA) is 47.9 Å². The van der Waals surface area contributed by atoms with Crippen LogP contribution in [-0.4, -0.2) is 11.9 Å². The van der Waals surface area contributed by atoms with Crippen molar-refractivity contribution < 1.29 is 27.4 Å². The number of carbonyl (C=O) groups is 1. The predicted molar refractivity (Wildman–Crippen MR) is 109 cm³/mol. The Hall–Kier alpha value is -3.87. The van der Waals surface area contributed by atoms with E-state index in [1.807, 2.05) is 30.3 Å². The zero-order valence-electron chi connectivity index (χ0n) is 16.1. The molecule has 0 aliphatic carbocycles. The number of hydrogen-bond donors (Lipinski definition) is 0. The zero-order chi connectivity index (χ0) is 21.8. The van der Waals surface area contributed by atoms with Crippen molar-refractivity contribution in [3.05, 3.63) is 107 Å². The van der Waals surface area contributed by atoms with Crippen molar-refractivity contribution in [2.24, 2.45) is 4.99 Å². The Labute approximate surface area is 176 Å². The number of halogens is 3. The van der Waals surface area contributed by atoms with Gasteiger partial charge >= 0.3 is 12.1 Å². The molecule has 0 spiro atoms. The van der Waals surface area contributed by atoms with Crippen molar-refractivity contribution >= 4 is 17.9 Å². The summed E-state index contributed by atoms with van der Waals surface area (Å²) < 4.78 is 48.9. The molecule has 156 valence electrons. The van der Waals surface area contributed by atoms with E-state index in [4.69, 9.17) is 9.47 Å². The van der Waals surface area contributed by atoms with Crippen LogP contribution >= 0.6 is 0 Å². The average molecular weight is 423 g/mol. The highest BCUT2D eigenvalue weighted by atomic mass is 19.4. The summed E-state index contributed by atoms with van der Waals surface area (Å²) in [5, 5.41) is 0. The van der Waals surface area contributed by atoms with Crippen molar-refractivity contribution in [1.29, 1.82) is 0 Å². The molecule has 31 heavy (non-hydrogen) atoms. The Morgan fingerprint density at radius 3 is 2.23 bits per heavy atom. The van der Waals surface area contributed by atoms with Crippen molar-refractivity contribution in [1.82, 2.24) is 0 Å². The highest BCUT2D eigenvalue weighted by Gasteiger charge is 2.31. The fourth-order valence-electron chi connectivity index (χ4n) is 2.89. The summed E-state index contributed by atoms with van der Waals surface area (Å²) in [4.78, 5) is 16.2. The normalized spacial score (nSPS) is 15.0. The number of nitrogens with zero attached hydrogens (tertiary/aromatic N) is 1. The van der Waals surface area contributed by atoms with Crippen LogP contribution in [0.25, 0.3) is 6.08 Å². The Balaban J connectivity index is 1.45. The number of esters is 1. The van der Waals surface area contributed by atoms with Gasteiger partial charge in [0.2, 0.25) is 5.90 Å². The third-order valence-electron chi connectivity index (χ3n) is 4.51. The van der Waals surface area contributed by atoms with E-state index in [1.54, 1.807) is 30.3 Å². The highest BCUT2D eigenvalue weighted by Crippen LogP contribution is 2.30. The van der Waals surface area contributed by atoms with Gasteiger partial charge < -0.3 is 9.47 Å². The van der Waals surface area contributed by atoms with Crippen LogP contribution in [0.5, 0.6) is 5.75 Å². The van der Waals surface area contributed by atoms with Gasteiger partial charge in [-0.15, -0.1) is 0 Å². The SMILES string of the molecule is O=C1OC(c2ccc(C(F)(F)F)cc2)=N/C1=C/c1ccc(OCc2ccccc2)cc1. The van der Waals surface area contributed by atoms with Crippen LogP contribution in [0.3, 0.4) is 0 Å². The summed E-state index contributed by atoms with van der Waals surface area (Å²) in [7, 11) is 0. The molecule has 0 bridgehead atoms. The smallest absolute Gasteiger partial charge is 0.416 e. The Bertz CT molecular complexity index is 1130. The maximum absolute atomic E-state index is 12.7. The van der Waals surface area contributed by atoms with E-state index in [-0.39, 0.29) is 17.2 Å². The lowest BCUT2D eigenvalue weighted by Crippen LogP contribution is -2.08. The summed E-state index contributed by atoms with van der Waals surface area (Å²) in [6.07, 6.45) is -2.89. The van der Waals surface area contributed by atoms with Crippen molar-refractivity contribution in [3.63, 3.8) is 0 Å². The summed E-state index contributed by atoms with van der Waals surface area (Å²) in [5.74, 6) is -0.0268. The Morgan fingerprint density at radius 1 is 0.903 bits per heavy atom. The molecule has 0 fully saturated rings. The Kier molecular flexibility index (Phi) is 5.58. The van der Waals surface area contributed by atoms with Crippen LogP contribution < -0.4 is 4.74 Å². The third kappa shape index (κ3) is 5.01. The lowest BCUT2D eigenvalue weighted by atomic mass is 10.1. The number of rotatable bonds is 5. The molecule has 1 heterocycles. The lowest BCUT2D eigenvalue weighted by molar-refractivity contribution is -0.137. The first-order valence-corrected chi connectivity index (χ1v) is 9.35. The second-order valence-electron chi connectivity index (χ2n) is 6.75. The zero-order valence-corrected chi connectivity index (χ0v) is 16.1. The molecule has 4 nitrogen and oxygen atoms in total. The van der Waals surface area contributed by atoms with E-state index in [0.29, 0.717) is 17.9 Å². The Morgan fingerprint density at radius 2 is 1.58 bits per heavy atom. The number of cyclic esters (lactones) is 1. The van der Waals surface area contributed by atoms with Gasteiger partial charge in [0.25, 0.3) is 0 Å². The molecule has 0 unspecified atom stereocenters. The van der Waals surface area contributed by atoms with Crippen LogP contribution in [0.15, 0.2) is 89.6 Å². The molecule has 1 aliphatic rings. The van der Waals surface area contributed by atoms with Crippen LogP contribution in [0, 0.1) is 0 Å². The number of benzene rings is 3. The van der Waals surface area contributed by atoms with Gasteiger partial charge in [0.1, 0.15) is 12.4 Å². The molecule has 7 heteroatoms. The second-order valence-corrected chi connectivity index (χ2v) is 6.75. The van der Waals surface area contributed by atoms with E-state index in [2.05, 4.69) is 4.99 Å². The lowest BCUT2D eigenvalue weighted by Gasteiger charge is -2.06. The largest absolute Gasteiger partial charge is 0.489 e. The number of carbonyl (C=O) groups excluding carboxylic acids is 1. The highest BCUT2D eigenvalue weighted by molar-refractivity contribution is 6.12. The monoisotopic (exact) mass is 423 g/mol. The maximum Gasteiger partial charge on any atom is 0.416 e. The van der Waals surface area contributed by atoms with Gasteiger partial charge in [-0.2, -0.15) is 13.2 Å². The minimum absolute atomic E-state index is 0.0345. The number of hydrogen-bond acceptors (Lipinski definition) is 4. The van der Waals surface area contributed by atoms with Gasteiger partial charge in [0.15, 0.2) is 5.70 Å². The second kappa shape index (κ2) is 8.47. The first kappa shape index (κ1) is 20.4. The van der Waals surface area contributed by atoms with Gasteiger partial charge in [0, 0.05) is 5.56 Å². The molecular formula is C24H16F3NO3. The standard InChI is InChI=1S/C24H16F3NO3/c25-24(26,27)19-10-8-18(9-11-19)22-28-21(23(29)31-22)14-16-6-12-20(13-7-16)30-15-17-4-2-1-3-5-17/h1-14H,15H2/b21-14+. The summed E-state index contributed by atoms with van der Waals surface area (Å²) >= 11 is 0. The molecule has 0 saturated heterocycles. The minimum atomic E-state index is -4.44. The summed E-state index contributed by atoms with van der Waals surface area (Å²) in [5.41, 5.74) is 1.32.